The Morgan fingerprint density at radius 1 is 1.00 bits per heavy atom. The number of hydrogen-bond donors (Lipinski definition) is 3. The van der Waals surface area contributed by atoms with E-state index in [-0.39, 0.29) is 17.0 Å². The second-order valence-corrected chi connectivity index (χ2v) is 8.11. The lowest BCUT2D eigenvalue weighted by molar-refractivity contribution is -0.108. The van der Waals surface area contributed by atoms with Gasteiger partial charge in [0.25, 0.3) is 10.1 Å². The van der Waals surface area contributed by atoms with Gasteiger partial charge in [-0.25, -0.2) is 4.99 Å². The SMILES string of the molecule is CCNc1cc(N=C2C(=O)C=C(S(=O)(=O)O)c3ccccc32)c2ccccc2c1O. The third-order valence-corrected chi connectivity index (χ3v) is 5.71. The molecule has 152 valence electrons. The minimum atomic E-state index is -4.58. The summed E-state index contributed by atoms with van der Waals surface area (Å²) in [4.78, 5) is 16.9. The summed E-state index contributed by atoms with van der Waals surface area (Å²) < 4.78 is 33.0. The van der Waals surface area contributed by atoms with Crippen LogP contribution in [0.25, 0.3) is 15.7 Å². The monoisotopic (exact) mass is 422 g/mol. The van der Waals surface area contributed by atoms with E-state index in [0.717, 1.165) is 6.08 Å². The zero-order valence-electron chi connectivity index (χ0n) is 16.0. The van der Waals surface area contributed by atoms with Gasteiger partial charge in [0.05, 0.1) is 11.4 Å². The maximum absolute atomic E-state index is 12.8. The molecule has 0 radical (unpaired) electrons. The van der Waals surface area contributed by atoms with Crippen molar-refractivity contribution in [3.8, 4) is 5.75 Å². The van der Waals surface area contributed by atoms with E-state index >= 15 is 0 Å². The lowest BCUT2D eigenvalue weighted by atomic mass is 9.94. The number of allylic oxidation sites excluding steroid dienone is 1. The van der Waals surface area contributed by atoms with Crippen LogP contribution in [-0.2, 0) is 14.9 Å². The van der Waals surface area contributed by atoms with Gasteiger partial charge < -0.3 is 10.4 Å². The molecule has 3 N–H and O–H groups in total. The maximum Gasteiger partial charge on any atom is 0.295 e. The molecule has 0 bridgehead atoms. The number of carbonyl (C=O) groups excluding carboxylic acids is 1. The summed E-state index contributed by atoms with van der Waals surface area (Å²) in [5, 5.41) is 14.8. The molecule has 30 heavy (non-hydrogen) atoms. The highest BCUT2D eigenvalue weighted by Crippen LogP contribution is 2.40. The van der Waals surface area contributed by atoms with Gasteiger partial charge in [0.15, 0.2) is 0 Å². The largest absolute Gasteiger partial charge is 0.505 e. The fraction of sp³-hybridized carbons (Fsp3) is 0.0909. The molecular weight excluding hydrogens is 404 g/mol. The summed E-state index contributed by atoms with van der Waals surface area (Å²) in [5.74, 6) is -0.552. The molecule has 0 heterocycles. The van der Waals surface area contributed by atoms with E-state index < -0.39 is 20.8 Å². The first kappa shape index (κ1) is 19.8. The van der Waals surface area contributed by atoms with Gasteiger partial charge in [0.2, 0.25) is 5.78 Å². The van der Waals surface area contributed by atoms with E-state index in [1.54, 1.807) is 48.5 Å². The van der Waals surface area contributed by atoms with Crippen LogP contribution in [0, 0.1) is 0 Å². The molecule has 0 unspecified atom stereocenters. The predicted octanol–water partition coefficient (Wildman–Crippen LogP) is 3.91. The average Bonchev–Trinajstić information content (AvgIpc) is 2.72. The second-order valence-electron chi connectivity index (χ2n) is 6.72. The number of fused-ring (bicyclic) bond motifs is 2. The molecule has 0 aromatic heterocycles. The van der Waals surface area contributed by atoms with E-state index in [1.165, 1.54) is 6.07 Å². The lowest BCUT2D eigenvalue weighted by Gasteiger charge is -2.17. The molecular formula is C22H18N2O5S. The summed E-state index contributed by atoms with van der Waals surface area (Å²) in [5.41, 5.74) is 1.48. The number of benzene rings is 3. The minimum absolute atomic E-state index is 0.0521. The Bertz CT molecular complexity index is 1360. The third-order valence-electron chi connectivity index (χ3n) is 4.81. The highest BCUT2D eigenvalue weighted by atomic mass is 32.2. The van der Waals surface area contributed by atoms with Crippen molar-refractivity contribution in [3.63, 3.8) is 0 Å². The maximum atomic E-state index is 12.8. The normalized spacial score (nSPS) is 15.2. The smallest absolute Gasteiger partial charge is 0.295 e. The van der Waals surface area contributed by atoms with Crippen LogP contribution >= 0.6 is 0 Å². The van der Waals surface area contributed by atoms with Crippen molar-refractivity contribution in [2.24, 2.45) is 4.99 Å². The van der Waals surface area contributed by atoms with Gasteiger partial charge in [-0.15, -0.1) is 0 Å². The molecule has 1 aliphatic carbocycles. The van der Waals surface area contributed by atoms with E-state index in [4.69, 9.17) is 0 Å². The Kier molecular flexibility index (Phi) is 4.89. The van der Waals surface area contributed by atoms with Gasteiger partial charge >= 0.3 is 0 Å². The fourth-order valence-electron chi connectivity index (χ4n) is 3.51. The van der Waals surface area contributed by atoms with Crippen LogP contribution in [0.4, 0.5) is 11.4 Å². The van der Waals surface area contributed by atoms with E-state index in [9.17, 15) is 22.9 Å². The number of aliphatic imine (C=N–C) groups is 1. The molecule has 7 nitrogen and oxygen atoms in total. The molecule has 0 saturated heterocycles. The molecule has 0 amide bonds. The van der Waals surface area contributed by atoms with Gasteiger partial charge in [-0.3, -0.25) is 9.35 Å². The Labute approximate surface area is 173 Å². The third kappa shape index (κ3) is 3.36. The number of rotatable bonds is 4. The van der Waals surface area contributed by atoms with Crippen LogP contribution in [-0.4, -0.2) is 36.1 Å². The number of carbonyl (C=O) groups is 1. The van der Waals surface area contributed by atoms with Crippen LogP contribution in [0.1, 0.15) is 18.1 Å². The van der Waals surface area contributed by atoms with Crippen LogP contribution < -0.4 is 5.32 Å². The number of nitrogens with one attached hydrogen (secondary N) is 1. The van der Waals surface area contributed by atoms with Crippen LogP contribution in [0.15, 0.2) is 65.7 Å². The highest BCUT2D eigenvalue weighted by Gasteiger charge is 2.30. The molecule has 0 saturated carbocycles. The number of nitrogens with zero attached hydrogens (tertiary/aromatic N) is 1. The summed E-state index contributed by atoms with van der Waals surface area (Å²) in [6.07, 6.45) is 0.879. The first-order chi connectivity index (χ1) is 14.3. The number of anilines is 1. The van der Waals surface area contributed by atoms with Gasteiger partial charge in [-0.2, -0.15) is 8.42 Å². The quantitative estimate of drug-likeness (QED) is 0.434. The Hall–Kier alpha value is -3.49. The zero-order chi connectivity index (χ0) is 21.5. The van der Waals surface area contributed by atoms with Crippen molar-refractivity contribution < 1.29 is 22.9 Å². The molecule has 0 atom stereocenters. The van der Waals surface area contributed by atoms with Crippen molar-refractivity contribution in [2.45, 2.75) is 6.92 Å². The Morgan fingerprint density at radius 3 is 2.30 bits per heavy atom. The molecule has 3 aromatic carbocycles. The van der Waals surface area contributed by atoms with Crippen molar-refractivity contribution in [1.82, 2.24) is 0 Å². The topological polar surface area (TPSA) is 116 Å². The highest BCUT2D eigenvalue weighted by molar-refractivity contribution is 7.95. The molecule has 0 spiro atoms. The predicted molar refractivity (Wildman–Crippen MR) is 117 cm³/mol. The number of ketones is 1. The van der Waals surface area contributed by atoms with Gasteiger partial charge in [-0.1, -0.05) is 48.5 Å². The van der Waals surface area contributed by atoms with Gasteiger partial charge in [0, 0.05) is 34.5 Å². The molecule has 8 heteroatoms. The van der Waals surface area contributed by atoms with E-state index in [1.807, 2.05) is 6.92 Å². The van der Waals surface area contributed by atoms with E-state index in [0.29, 0.717) is 34.3 Å². The molecule has 0 aliphatic heterocycles. The Balaban J connectivity index is 1.99. The minimum Gasteiger partial charge on any atom is -0.505 e. The first-order valence-corrected chi connectivity index (χ1v) is 10.7. The fourth-order valence-corrected chi connectivity index (χ4v) is 4.22. The molecule has 4 rings (SSSR count). The lowest BCUT2D eigenvalue weighted by Crippen LogP contribution is -2.22. The van der Waals surface area contributed by atoms with Crippen LogP contribution in [0.3, 0.4) is 0 Å². The first-order valence-electron chi connectivity index (χ1n) is 9.22. The van der Waals surface area contributed by atoms with Crippen LogP contribution in [0.2, 0.25) is 0 Å². The summed E-state index contributed by atoms with van der Waals surface area (Å²) in [6.45, 7) is 2.47. The second kappa shape index (κ2) is 7.40. The van der Waals surface area contributed by atoms with Crippen molar-refractivity contribution in [1.29, 1.82) is 0 Å². The Morgan fingerprint density at radius 2 is 1.63 bits per heavy atom. The van der Waals surface area contributed by atoms with Gasteiger partial charge in [-0.05, 0) is 13.0 Å². The number of phenols is 1. The van der Waals surface area contributed by atoms with Crippen LogP contribution in [0.5, 0.6) is 5.75 Å². The molecule has 1 aliphatic rings. The number of aromatic hydroxyl groups is 1. The number of hydrogen-bond acceptors (Lipinski definition) is 6. The number of phenolic OH excluding ortho intramolecular Hbond substituents is 1. The molecule has 0 fully saturated rings. The summed E-state index contributed by atoms with van der Waals surface area (Å²) in [6, 6.07) is 15.1. The van der Waals surface area contributed by atoms with Crippen molar-refractivity contribution >= 4 is 48.7 Å². The summed E-state index contributed by atoms with van der Waals surface area (Å²) >= 11 is 0. The standard InChI is InChI=1S/C22H18N2O5S/c1-2-23-18-11-17(13-7-3-6-10-16(13)22(18)26)24-21-15-9-5-4-8-14(15)20(12-19(21)25)30(27,28)29/h3-12,23,26H,2H2,1H3,(H,27,28,29). The zero-order valence-corrected chi connectivity index (χ0v) is 16.8. The average molecular weight is 422 g/mol. The van der Waals surface area contributed by atoms with E-state index in [2.05, 4.69) is 10.3 Å². The van der Waals surface area contributed by atoms with Crippen molar-refractivity contribution in [3.05, 3.63) is 71.8 Å². The van der Waals surface area contributed by atoms with Crippen molar-refractivity contribution in [2.75, 3.05) is 11.9 Å². The summed E-state index contributed by atoms with van der Waals surface area (Å²) in [7, 11) is -4.58. The van der Waals surface area contributed by atoms with Gasteiger partial charge in [0.1, 0.15) is 16.4 Å². The molecule has 3 aromatic rings.